The van der Waals surface area contributed by atoms with Gasteiger partial charge in [0.15, 0.2) is 0 Å². The third-order valence-corrected chi connectivity index (χ3v) is 3.88. The van der Waals surface area contributed by atoms with Gasteiger partial charge in [0, 0.05) is 19.1 Å². The molecule has 0 spiro atoms. The first-order chi connectivity index (χ1) is 9.31. The molecule has 0 amide bonds. The fourth-order valence-corrected chi connectivity index (χ4v) is 2.67. The fraction of sp³-hybridized carbons (Fsp3) is 0.529. The van der Waals surface area contributed by atoms with Crippen molar-refractivity contribution in [3.05, 3.63) is 35.9 Å². The van der Waals surface area contributed by atoms with E-state index in [4.69, 9.17) is 6.42 Å². The molecule has 1 heterocycles. The summed E-state index contributed by atoms with van der Waals surface area (Å²) in [7, 11) is 0. The number of hydrogen-bond acceptors (Lipinski definition) is 2. The van der Waals surface area contributed by atoms with Crippen molar-refractivity contribution < 1.29 is 0 Å². The largest absolute Gasteiger partial charge is 0.301 e. The Kier molecular flexibility index (Phi) is 5.44. The van der Waals surface area contributed by atoms with E-state index in [1.807, 2.05) is 0 Å². The van der Waals surface area contributed by atoms with Gasteiger partial charge in [0.05, 0.1) is 6.04 Å². The Morgan fingerprint density at radius 2 is 2.21 bits per heavy atom. The van der Waals surface area contributed by atoms with Crippen molar-refractivity contribution in [2.75, 3.05) is 19.6 Å². The second-order valence-electron chi connectivity index (χ2n) is 5.32. The average molecular weight is 256 g/mol. The molecule has 0 aromatic heterocycles. The zero-order valence-electron chi connectivity index (χ0n) is 11.8. The van der Waals surface area contributed by atoms with Crippen LogP contribution in [-0.2, 0) is 6.42 Å². The van der Waals surface area contributed by atoms with Gasteiger partial charge >= 0.3 is 0 Å². The molecule has 1 aromatic rings. The molecule has 102 valence electrons. The molecule has 2 atom stereocenters. The van der Waals surface area contributed by atoms with E-state index in [0.29, 0.717) is 6.04 Å². The summed E-state index contributed by atoms with van der Waals surface area (Å²) < 4.78 is 0. The quantitative estimate of drug-likeness (QED) is 0.786. The van der Waals surface area contributed by atoms with Gasteiger partial charge in [0.2, 0.25) is 0 Å². The van der Waals surface area contributed by atoms with Crippen molar-refractivity contribution in [3.8, 4) is 12.3 Å². The SMILES string of the molecule is C#CC(CC)NC1CCN(CCc2ccccc2)C1. The van der Waals surface area contributed by atoms with Crippen molar-refractivity contribution >= 4 is 0 Å². The summed E-state index contributed by atoms with van der Waals surface area (Å²) in [5.74, 6) is 2.82. The van der Waals surface area contributed by atoms with Crippen molar-refractivity contribution in [3.63, 3.8) is 0 Å². The number of hydrogen-bond donors (Lipinski definition) is 1. The van der Waals surface area contributed by atoms with Crippen LogP contribution in [0.4, 0.5) is 0 Å². The van der Waals surface area contributed by atoms with Crippen LogP contribution in [0.15, 0.2) is 30.3 Å². The van der Waals surface area contributed by atoms with Crippen LogP contribution in [0.2, 0.25) is 0 Å². The lowest BCUT2D eigenvalue weighted by Crippen LogP contribution is -2.39. The maximum atomic E-state index is 5.50. The number of terminal acetylenes is 1. The summed E-state index contributed by atoms with van der Waals surface area (Å²) in [4.78, 5) is 2.54. The van der Waals surface area contributed by atoms with Gasteiger partial charge in [-0.25, -0.2) is 0 Å². The Bertz CT molecular complexity index is 407. The third-order valence-electron chi connectivity index (χ3n) is 3.88. The van der Waals surface area contributed by atoms with Gasteiger partial charge in [-0.05, 0) is 31.4 Å². The number of benzene rings is 1. The summed E-state index contributed by atoms with van der Waals surface area (Å²) >= 11 is 0. The van der Waals surface area contributed by atoms with E-state index in [0.717, 1.165) is 25.9 Å². The van der Waals surface area contributed by atoms with E-state index in [1.165, 1.54) is 18.5 Å². The monoisotopic (exact) mass is 256 g/mol. The van der Waals surface area contributed by atoms with E-state index in [9.17, 15) is 0 Å². The van der Waals surface area contributed by atoms with Crippen LogP contribution in [-0.4, -0.2) is 36.6 Å². The molecule has 2 nitrogen and oxygen atoms in total. The highest BCUT2D eigenvalue weighted by Gasteiger charge is 2.23. The number of nitrogens with zero attached hydrogens (tertiary/aromatic N) is 1. The summed E-state index contributed by atoms with van der Waals surface area (Å²) in [6.45, 7) is 5.60. The molecule has 1 aliphatic rings. The summed E-state index contributed by atoms with van der Waals surface area (Å²) in [6.07, 6.45) is 8.87. The zero-order chi connectivity index (χ0) is 13.5. The van der Waals surface area contributed by atoms with E-state index < -0.39 is 0 Å². The Hall–Kier alpha value is -1.30. The van der Waals surface area contributed by atoms with E-state index in [1.54, 1.807) is 0 Å². The van der Waals surface area contributed by atoms with E-state index >= 15 is 0 Å². The van der Waals surface area contributed by atoms with E-state index in [-0.39, 0.29) is 6.04 Å². The van der Waals surface area contributed by atoms with Crippen LogP contribution in [0.25, 0.3) is 0 Å². The molecule has 0 radical (unpaired) electrons. The lowest BCUT2D eigenvalue weighted by atomic mass is 10.1. The van der Waals surface area contributed by atoms with Crippen LogP contribution < -0.4 is 5.32 Å². The van der Waals surface area contributed by atoms with Crippen LogP contribution in [0.5, 0.6) is 0 Å². The van der Waals surface area contributed by atoms with E-state index in [2.05, 4.69) is 53.4 Å². The Balaban J connectivity index is 1.72. The van der Waals surface area contributed by atoms with Crippen molar-refractivity contribution in [2.24, 2.45) is 0 Å². The molecular formula is C17H24N2. The first kappa shape index (κ1) is 14.1. The van der Waals surface area contributed by atoms with Crippen molar-refractivity contribution in [1.29, 1.82) is 0 Å². The molecular weight excluding hydrogens is 232 g/mol. The summed E-state index contributed by atoms with van der Waals surface area (Å²) in [5.41, 5.74) is 1.42. The van der Waals surface area contributed by atoms with Crippen LogP contribution in [0, 0.1) is 12.3 Å². The predicted molar refractivity (Wildman–Crippen MR) is 81.0 cm³/mol. The average Bonchev–Trinajstić information content (AvgIpc) is 2.91. The van der Waals surface area contributed by atoms with Crippen LogP contribution in [0.1, 0.15) is 25.3 Å². The number of rotatable bonds is 6. The second-order valence-corrected chi connectivity index (χ2v) is 5.32. The molecule has 1 aromatic carbocycles. The zero-order valence-corrected chi connectivity index (χ0v) is 11.8. The standard InChI is InChI=1S/C17H24N2/c1-3-16(4-2)18-17-11-13-19(14-17)12-10-15-8-6-5-7-9-15/h1,5-9,16-18H,4,10-14H2,2H3. The smallest absolute Gasteiger partial charge is 0.0686 e. The topological polar surface area (TPSA) is 15.3 Å². The summed E-state index contributed by atoms with van der Waals surface area (Å²) in [6, 6.07) is 11.5. The molecule has 19 heavy (non-hydrogen) atoms. The van der Waals surface area contributed by atoms with Crippen LogP contribution in [0.3, 0.4) is 0 Å². The molecule has 0 aliphatic carbocycles. The van der Waals surface area contributed by atoms with Gasteiger partial charge < -0.3 is 4.90 Å². The Morgan fingerprint density at radius 1 is 1.42 bits per heavy atom. The van der Waals surface area contributed by atoms with Gasteiger partial charge in [0.1, 0.15) is 0 Å². The van der Waals surface area contributed by atoms with Crippen molar-refractivity contribution in [2.45, 2.75) is 38.3 Å². The predicted octanol–water partition coefficient (Wildman–Crippen LogP) is 2.30. The number of nitrogens with one attached hydrogen (secondary N) is 1. The molecule has 1 fully saturated rings. The fourth-order valence-electron chi connectivity index (χ4n) is 2.67. The van der Waals surface area contributed by atoms with Gasteiger partial charge in [-0.15, -0.1) is 6.42 Å². The molecule has 1 N–H and O–H groups in total. The maximum absolute atomic E-state index is 5.50. The highest BCUT2D eigenvalue weighted by molar-refractivity contribution is 5.15. The van der Waals surface area contributed by atoms with Gasteiger partial charge in [-0.1, -0.05) is 43.2 Å². The summed E-state index contributed by atoms with van der Waals surface area (Å²) in [5, 5.41) is 3.57. The van der Waals surface area contributed by atoms with Gasteiger partial charge in [0.25, 0.3) is 0 Å². The third kappa shape index (κ3) is 4.38. The first-order valence-corrected chi connectivity index (χ1v) is 7.30. The van der Waals surface area contributed by atoms with Crippen molar-refractivity contribution in [1.82, 2.24) is 10.2 Å². The molecule has 0 bridgehead atoms. The molecule has 1 aliphatic heterocycles. The minimum Gasteiger partial charge on any atom is -0.301 e. The normalized spacial score (nSPS) is 21.2. The lowest BCUT2D eigenvalue weighted by Gasteiger charge is -2.19. The Labute approximate surface area is 117 Å². The molecule has 2 unspecified atom stereocenters. The first-order valence-electron chi connectivity index (χ1n) is 7.30. The van der Waals surface area contributed by atoms with Gasteiger partial charge in [-0.2, -0.15) is 0 Å². The van der Waals surface area contributed by atoms with Crippen LogP contribution >= 0.6 is 0 Å². The molecule has 0 saturated carbocycles. The molecule has 1 saturated heterocycles. The Morgan fingerprint density at radius 3 is 2.89 bits per heavy atom. The highest BCUT2D eigenvalue weighted by atomic mass is 15.2. The minimum atomic E-state index is 0.235. The molecule has 2 rings (SSSR count). The highest BCUT2D eigenvalue weighted by Crippen LogP contribution is 2.11. The second kappa shape index (κ2) is 7.33. The maximum Gasteiger partial charge on any atom is 0.0686 e. The molecule has 2 heteroatoms. The number of likely N-dealkylation sites (tertiary alicyclic amines) is 1. The lowest BCUT2D eigenvalue weighted by molar-refractivity contribution is 0.329. The minimum absolute atomic E-state index is 0.235. The van der Waals surface area contributed by atoms with Gasteiger partial charge in [-0.3, -0.25) is 5.32 Å².